The van der Waals surface area contributed by atoms with Crippen LogP contribution in [0, 0.1) is 11.8 Å². The lowest BCUT2D eigenvalue weighted by molar-refractivity contribution is 0.0697. The first-order valence-electron chi connectivity index (χ1n) is 7.15. The second kappa shape index (κ2) is 4.83. The van der Waals surface area contributed by atoms with Crippen LogP contribution in [0.2, 0.25) is 0 Å². The molecule has 0 aliphatic heterocycles. The quantitative estimate of drug-likeness (QED) is 0.854. The zero-order valence-corrected chi connectivity index (χ0v) is 11.3. The van der Waals surface area contributed by atoms with Gasteiger partial charge in [-0.3, -0.25) is 0 Å². The second-order valence-electron chi connectivity index (χ2n) is 5.84. The van der Waals surface area contributed by atoms with Crippen LogP contribution >= 0.6 is 0 Å². The number of carbonyl (C=O) groups is 1. The van der Waals surface area contributed by atoms with Gasteiger partial charge in [0.2, 0.25) is 0 Å². The summed E-state index contributed by atoms with van der Waals surface area (Å²) in [6.45, 7) is 3.04. The molecule has 102 valence electrons. The van der Waals surface area contributed by atoms with Crippen LogP contribution in [0.1, 0.15) is 47.8 Å². The maximum atomic E-state index is 11.3. The van der Waals surface area contributed by atoms with Crippen molar-refractivity contribution in [3.05, 3.63) is 22.9 Å². The molecule has 3 rings (SSSR count). The summed E-state index contributed by atoms with van der Waals surface area (Å²) in [6, 6.07) is 1.81. The van der Waals surface area contributed by atoms with Crippen LogP contribution in [0.4, 0.5) is 5.82 Å². The van der Waals surface area contributed by atoms with Crippen molar-refractivity contribution in [1.29, 1.82) is 0 Å². The number of aromatic nitrogens is 1. The molecule has 2 N–H and O–H groups in total. The van der Waals surface area contributed by atoms with Crippen molar-refractivity contribution in [2.75, 3.05) is 11.9 Å². The number of carboxylic acids is 1. The molecule has 4 nitrogen and oxygen atoms in total. The minimum Gasteiger partial charge on any atom is -0.478 e. The Bertz CT molecular complexity index is 509. The predicted octanol–water partition coefficient (Wildman–Crippen LogP) is 2.73. The first kappa shape index (κ1) is 12.5. The third kappa shape index (κ3) is 2.57. The Kier molecular flexibility index (Phi) is 3.17. The highest BCUT2D eigenvalue weighted by atomic mass is 16.4. The van der Waals surface area contributed by atoms with E-state index in [1.165, 1.54) is 12.8 Å². The number of fused-ring (bicyclic) bond motifs is 1. The zero-order chi connectivity index (χ0) is 13.4. The maximum Gasteiger partial charge on any atom is 0.339 e. The van der Waals surface area contributed by atoms with Gasteiger partial charge in [-0.15, -0.1) is 0 Å². The average Bonchev–Trinajstić information content (AvgIpc) is 3.13. The fourth-order valence-corrected chi connectivity index (χ4v) is 2.86. The van der Waals surface area contributed by atoms with Gasteiger partial charge in [-0.05, 0) is 55.6 Å². The van der Waals surface area contributed by atoms with Crippen molar-refractivity contribution in [2.45, 2.75) is 39.0 Å². The van der Waals surface area contributed by atoms with Gasteiger partial charge in [0.15, 0.2) is 0 Å². The van der Waals surface area contributed by atoms with Crippen molar-refractivity contribution in [1.82, 2.24) is 4.98 Å². The molecule has 0 spiro atoms. The number of aryl methyl sites for hydroxylation is 2. The molecule has 1 unspecified atom stereocenters. The normalized spacial score (nSPS) is 19.0. The number of nitrogens with zero attached hydrogens (tertiary/aromatic N) is 1. The SMILES string of the molecule is CC(CNc1nc2c(cc1C(=O)O)CCC2)C1CC1. The highest BCUT2D eigenvalue weighted by Gasteiger charge is 2.28. The Morgan fingerprint density at radius 2 is 2.32 bits per heavy atom. The summed E-state index contributed by atoms with van der Waals surface area (Å²) in [4.78, 5) is 15.9. The number of carboxylic acid groups (broad SMARTS) is 1. The highest BCUT2D eigenvalue weighted by Crippen LogP contribution is 2.36. The van der Waals surface area contributed by atoms with Gasteiger partial charge in [0.1, 0.15) is 11.4 Å². The van der Waals surface area contributed by atoms with E-state index in [9.17, 15) is 9.90 Å². The standard InChI is InChI=1S/C15H20N2O2/c1-9(10-5-6-10)8-16-14-12(15(18)19)7-11-3-2-4-13(11)17-14/h7,9-10H,2-6,8H2,1H3,(H,16,17)(H,18,19). The van der Waals surface area contributed by atoms with Crippen molar-refractivity contribution in [3.63, 3.8) is 0 Å². The van der Waals surface area contributed by atoms with E-state index in [-0.39, 0.29) is 0 Å². The first-order valence-corrected chi connectivity index (χ1v) is 7.15. The number of aromatic carboxylic acids is 1. The van der Waals surface area contributed by atoms with Crippen LogP contribution in [0.3, 0.4) is 0 Å². The summed E-state index contributed by atoms with van der Waals surface area (Å²) < 4.78 is 0. The molecule has 4 heteroatoms. The minimum atomic E-state index is -0.885. The second-order valence-corrected chi connectivity index (χ2v) is 5.84. The monoisotopic (exact) mass is 260 g/mol. The van der Waals surface area contributed by atoms with Crippen molar-refractivity contribution < 1.29 is 9.90 Å². The third-order valence-electron chi connectivity index (χ3n) is 4.30. The molecule has 0 amide bonds. The van der Waals surface area contributed by atoms with E-state index in [0.717, 1.165) is 43.0 Å². The van der Waals surface area contributed by atoms with E-state index in [4.69, 9.17) is 0 Å². The van der Waals surface area contributed by atoms with Gasteiger partial charge in [-0.2, -0.15) is 0 Å². The first-order chi connectivity index (χ1) is 9.15. The van der Waals surface area contributed by atoms with Gasteiger partial charge in [0, 0.05) is 12.2 Å². The highest BCUT2D eigenvalue weighted by molar-refractivity contribution is 5.93. The molecule has 0 saturated heterocycles. The summed E-state index contributed by atoms with van der Waals surface area (Å²) in [5, 5.41) is 12.6. The zero-order valence-electron chi connectivity index (χ0n) is 11.3. The number of anilines is 1. The van der Waals surface area contributed by atoms with Crippen LogP contribution in [0.5, 0.6) is 0 Å². The van der Waals surface area contributed by atoms with Crippen LogP contribution < -0.4 is 5.32 Å². The third-order valence-corrected chi connectivity index (χ3v) is 4.30. The lowest BCUT2D eigenvalue weighted by Gasteiger charge is -2.14. The van der Waals surface area contributed by atoms with Crippen LogP contribution in [-0.2, 0) is 12.8 Å². The summed E-state index contributed by atoms with van der Waals surface area (Å²) in [6.07, 6.45) is 5.64. The molecule has 1 aromatic heterocycles. The number of nitrogens with one attached hydrogen (secondary N) is 1. The van der Waals surface area contributed by atoms with Crippen molar-refractivity contribution in [3.8, 4) is 0 Å². The Morgan fingerprint density at radius 1 is 1.53 bits per heavy atom. The van der Waals surface area contributed by atoms with Gasteiger partial charge in [0.25, 0.3) is 0 Å². The number of pyridine rings is 1. The Morgan fingerprint density at radius 3 is 3.00 bits per heavy atom. The van der Waals surface area contributed by atoms with E-state index >= 15 is 0 Å². The summed E-state index contributed by atoms with van der Waals surface area (Å²) >= 11 is 0. The average molecular weight is 260 g/mol. The number of hydrogen-bond donors (Lipinski definition) is 2. The van der Waals surface area contributed by atoms with Gasteiger partial charge in [0.05, 0.1) is 0 Å². The molecule has 1 fully saturated rings. The molecule has 1 heterocycles. The Balaban J connectivity index is 1.79. The number of rotatable bonds is 5. The van der Waals surface area contributed by atoms with E-state index in [1.54, 1.807) is 0 Å². The molecule has 1 atom stereocenters. The molecule has 2 aliphatic rings. The van der Waals surface area contributed by atoms with E-state index in [2.05, 4.69) is 17.2 Å². The summed E-state index contributed by atoms with van der Waals surface area (Å²) in [7, 11) is 0. The van der Waals surface area contributed by atoms with Crippen LogP contribution in [0.25, 0.3) is 0 Å². The Labute approximate surface area is 113 Å². The van der Waals surface area contributed by atoms with E-state index in [0.29, 0.717) is 17.3 Å². The predicted molar refractivity (Wildman–Crippen MR) is 73.6 cm³/mol. The maximum absolute atomic E-state index is 11.3. The topological polar surface area (TPSA) is 62.2 Å². The fourth-order valence-electron chi connectivity index (χ4n) is 2.86. The molecule has 0 radical (unpaired) electrons. The molecule has 1 saturated carbocycles. The largest absolute Gasteiger partial charge is 0.478 e. The van der Waals surface area contributed by atoms with Gasteiger partial charge < -0.3 is 10.4 Å². The van der Waals surface area contributed by atoms with E-state index in [1.807, 2.05) is 6.07 Å². The summed E-state index contributed by atoms with van der Waals surface area (Å²) in [5.41, 5.74) is 2.51. The molecular weight excluding hydrogens is 240 g/mol. The molecular formula is C15H20N2O2. The van der Waals surface area contributed by atoms with E-state index < -0.39 is 5.97 Å². The molecule has 0 bridgehead atoms. The Hall–Kier alpha value is -1.58. The molecule has 0 aromatic carbocycles. The van der Waals surface area contributed by atoms with Gasteiger partial charge in [-0.25, -0.2) is 9.78 Å². The summed E-state index contributed by atoms with van der Waals surface area (Å²) in [5.74, 6) is 1.08. The number of hydrogen-bond acceptors (Lipinski definition) is 3. The lowest BCUT2D eigenvalue weighted by Crippen LogP contribution is -2.17. The molecule has 19 heavy (non-hydrogen) atoms. The molecule has 2 aliphatic carbocycles. The van der Waals surface area contributed by atoms with Crippen LogP contribution in [-0.4, -0.2) is 22.6 Å². The lowest BCUT2D eigenvalue weighted by atomic mass is 10.1. The van der Waals surface area contributed by atoms with Crippen LogP contribution in [0.15, 0.2) is 6.07 Å². The molecule has 1 aromatic rings. The fraction of sp³-hybridized carbons (Fsp3) is 0.600. The van der Waals surface area contributed by atoms with Crippen molar-refractivity contribution in [2.24, 2.45) is 11.8 Å². The van der Waals surface area contributed by atoms with Gasteiger partial charge in [-0.1, -0.05) is 6.92 Å². The minimum absolute atomic E-state index is 0.323. The van der Waals surface area contributed by atoms with Gasteiger partial charge >= 0.3 is 5.97 Å². The van der Waals surface area contributed by atoms with Crippen molar-refractivity contribution >= 4 is 11.8 Å². The smallest absolute Gasteiger partial charge is 0.339 e.